The maximum absolute atomic E-state index is 12.5. The first-order valence-electron chi connectivity index (χ1n) is 8.25. The third-order valence-corrected chi connectivity index (χ3v) is 5.22. The molecule has 0 radical (unpaired) electrons. The second-order valence-corrected chi connectivity index (χ2v) is 7.81. The van der Waals surface area contributed by atoms with Crippen molar-refractivity contribution in [2.24, 2.45) is 0 Å². The van der Waals surface area contributed by atoms with E-state index in [1.165, 1.54) is 12.1 Å². The van der Waals surface area contributed by atoms with Gasteiger partial charge in [-0.05, 0) is 62.0 Å². The summed E-state index contributed by atoms with van der Waals surface area (Å²) in [7, 11) is -1.01. The van der Waals surface area contributed by atoms with Crippen LogP contribution in [0.3, 0.4) is 0 Å². The van der Waals surface area contributed by atoms with Gasteiger partial charge in [-0.2, -0.15) is 13.2 Å². The number of hydrogen-bond donors (Lipinski definition) is 1. The number of benzene rings is 2. The molecule has 0 amide bonds. The Kier molecular flexibility index (Phi) is 5.73. The fraction of sp³-hybridized carbons (Fsp3) is 0.333. The minimum atomic E-state index is -4.77. The summed E-state index contributed by atoms with van der Waals surface area (Å²) in [6, 6.07) is 10.9. The average Bonchev–Trinajstić information content (AvgIpc) is 2.62. The summed E-state index contributed by atoms with van der Waals surface area (Å²) < 4.78 is 54.6. The molecule has 1 unspecified atom stereocenters. The Bertz CT molecular complexity index is 828. The maximum atomic E-state index is 12.5. The van der Waals surface area contributed by atoms with Crippen LogP contribution in [-0.2, 0) is 10.8 Å². The van der Waals surface area contributed by atoms with Gasteiger partial charge in [0.1, 0.15) is 11.5 Å². The number of hydrogen-bond acceptors (Lipinski definition) is 5. The molecule has 0 saturated carbocycles. The van der Waals surface area contributed by atoms with E-state index in [1.807, 2.05) is 32.2 Å². The van der Waals surface area contributed by atoms with Crippen molar-refractivity contribution in [2.75, 3.05) is 32.0 Å². The van der Waals surface area contributed by atoms with Crippen molar-refractivity contribution < 1.29 is 22.1 Å². The molecule has 9 heteroatoms. The zero-order chi connectivity index (χ0) is 19.6. The normalized spacial score (nSPS) is 17.0. The molecular weight excluding hydrogens is 379 g/mol. The highest BCUT2D eigenvalue weighted by Crippen LogP contribution is 2.31. The zero-order valence-electron chi connectivity index (χ0n) is 14.9. The molecule has 1 aliphatic rings. The highest BCUT2D eigenvalue weighted by Gasteiger charge is 2.37. The summed E-state index contributed by atoms with van der Waals surface area (Å²) in [5.41, 5.74) is -2.81. The van der Waals surface area contributed by atoms with E-state index in [4.69, 9.17) is 4.74 Å². The van der Waals surface area contributed by atoms with Gasteiger partial charge in [0.2, 0.25) is 0 Å². The van der Waals surface area contributed by atoms with Crippen LogP contribution in [0.25, 0.3) is 0 Å². The summed E-state index contributed by atoms with van der Waals surface area (Å²) in [6.07, 6.45) is 0. The summed E-state index contributed by atoms with van der Waals surface area (Å²) in [4.78, 5) is 4.03. The van der Waals surface area contributed by atoms with Crippen molar-refractivity contribution in [1.82, 2.24) is 10.2 Å². The molecule has 2 aromatic rings. The number of anilines is 1. The molecule has 2 aromatic carbocycles. The lowest BCUT2D eigenvalue weighted by Crippen LogP contribution is -2.51. The van der Waals surface area contributed by atoms with E-state index in [1.54, 1.807) is 0 Å². The monoisotopic (exact) mass is 399 g/mol. The molecule has 1 saturated heterocycles. The molecule has 5 nitrogen and oxygen atoms in total. The quantitative estimate of drug-likeness (QED) is 0.851. The third-order valence-electron chi connectivity index (χ3n) is 4.10. The number of nitrogens with one attached hydrogen (secondary N) is 1. The predicted molar refractivity (Wildman–Crippen MR) is 98.1 cm³/mol. The topological polar surface area (TPSA) is 44.8 Å². The summed E-state index contributed by atoms with van der Waals surface area (Å²) >= 11 is 0. The molecule has 0 aromatic heterocycles. The van der Waals surface area contributed by atoms with E-state index in [9.17, 15) is 17.4 Å². The van der Waals surface area contributed by atoms with Crippen LogP contribution in [0.1, 0.15) is 5.56 Å². The molecule has 0 bridgehead atoms. The number of ether oxygens (including phenoxy) is 1. The molecule has 0 aliphatic carbocycles. The van der Waals surface area contributed by atoms with Gasteiger partial charge in [0, 0.05) is 10.6 Å². The number of alkyl halides is 3. The van der Waals surface area contributed by atoms with Crippen molar-refractivity contribution in [1.29, 1.82) is 0 Å². The van der Waals surface area contributed by atoms with Gasteiger partial charge < -0.3 is 9.64 Å². The first-order valence-corrected chi connectivity index (χ1v) is 9.40. The highest BCUT2D eigenvalue weighted by molar-refractivity contribution is 7.86. The van der Waals surface area contributed by atoms with Crippen LogP contribution >= 0.6 is 0 Å². The summed E-state index contributed by atoms with van der Waals surface area (Å²) in [5, 5.41) is 3.30. The Hall–Kier alpha value is -2.10. The lowest BCUT2D eigenvalue weighted by molar-refractivity contribution is -0.0384. The Balaban J connectivity index is 1.71. The van der Waals surface area contributed by atoms with Crippen LogP contribution in [-0.4, -0.2) is 41.7 Å². The minimum absolute atomic E-state index is 0.302. The summed E-state index contributed by atoms with van der Waals surface area (Å²) in [5.74, 6) is 0.995. The number of rotatable bonds is 4. The van der Waals surface area contributed by atoms with Gasteiger partial charge in [0.15, 0.2) is 10.8 Å². The van der Waals surface area contributed by atoms with Crippen LogP contribution in [0.5, 0.6) is 11.5 Å². The fourth-order valence-corrected chi connectivity index (χ4v) is 3.43. The Labute approximate surface area is 158 Å². The van der Waals surface area contributed by atoms with Crippen LogP contribution in [0.15, 0.2) is 47.4 Å². The van der Waals surface area contributed by atoms with E-state index in [0.717, 1.165) is 43.4 Å². The Morgan fingerprint density at radius 3 is 2.41 bits per heavy atom. The fourth-order valence-electron chi connectivity index (χ4n) is 2.78. The smallest absolute Gasteiger partial charge is 0.457 e. The molecule has 146 valence electrons. The van der Waals surface area contributed by atoms with Crippen LogP contribution in [0, 0.1) is 6.92 Å². The lowest BCUT2D eigenvalue weighted by Gasteiger charge is -2.35. The van der Waals surface area contributed by atoms with E-state index in [0.29, 0.717) is 11.5 Å². The molecule has 1 atom stereocenters. The molecule has 27 heavy (non-hydrogen) atoms. The number of aryl methyl sites for hydroxylation is 1. The number of halogens is 3. The SMILES string of the molecule is Cc1cc(N2CNCN(C)C2)ccc1Oc1ccc(S(=O)C(F)(F)F)cc1. The molecule has 0 spiro atoms. The van der Waals surface area contributed by atoms with Crippen molar-refractivity contribution in [2.45, 2.75) is 17.3 Å². The van der Waals surface area contributed by atoms with Gasteiger partial charge >= 0.3 is 5.51 Å². The first-order chi connectivity index (χ1) is 12.7. The van der Waals surface area contributed by atoms with Gasteiger partial charge in [0.05, 0.1) is 20.0 Å². The lowest BCUT2D eigenvalue weighted by atomic mass is 10.2. The van der Waals surface area contributed by atoms with Crippen molar-refractivity contribution in [3.8, 4) is 11.5 Å². The average molecular weight is 399 g/mol. The Morgan fingerprint density at radius 1 is 1.11 bits per heavy atom. The molecule has 3 rings (SSSR count). The van der Waals surface area contributed by atoms with Gasteiger partial charge in [-0.3, -0.25) is 10.2 Å². The first kappa shape index (κ1) is 19.7. The standard InChI is InChI=1S/C18H20F3N3O2S/c1-13-9-14(24-11-22-10-23(2)12-24)3-8-17(13)26-15-4-6-16(7-5-15)27(25)18(19,20)21/h3-9,22H,10-12H2,1-2H3. The second-order valence-electron chi connectivity index (χ2n) is 6.34. The summed E-state index contributed by atoms with van der Waals surface area (Å²) in [6.45, 7) is 4.31. The molecular formula is C18H20F3N3O2S. The van der Waals surface area contributed by atoms with Crippen molar-refractivity contribution in [3.05, 3.63) is 48.0 Å². The zero-order valence-corrected chi connectivity index (χ0v) is 15.7. The third kappa shape index (κ3) is 4.79. The molecule has 1 aliphatic heterocycles. The van der Waals surface area contributed by atoms with E-state index in [-0.39, 0.29) is 4.90 Å². The Morgan fingerprint density at radius 2 is 1.81 bits per heavy atom. The van der Waals surface area contributed by atoms with Gasteiger partial charge in [-0.25, -0.2) is 4.21 Å². The van der Waals surface area contributed by atoms with Gasteiger partial charge in [-0.15, -0.1) is 0 Å². The van der Waals surface area contributed by atoms with Crippen LogP contribution in [0.4, 0.5) is 18.9 Å². The van der Waals surface area contributed by atoms with Crippen LogP contribution < -0.4 is 15.0 Å². The van der Waals surface area contributed by atoms with E-state index >= 15 is 0 Å². The van der Waals surface area contributed by atoms with Crippen molar-refractivity contribution in [3.63, 3.8) is 0 Å². The molecule has 1 heterocycles. The molecule has 1 N–H and O–H groups in total. The van der Waals surface area contributed by atoms with Crippen molar-refractivity contribution >= 4 is 16.5 Å². The maximum Gasteiger partial charge on any atom is 0.475 e. The number of nitrogens with zero attached hydrogens (tertiary/aromatic N) is 2. The van der Waals surface area contributed by atoms with E-state index in [2.05, 4.69) is 15.1 Å². The van der Waals surface area contributed by atoms with Crippen LogP contribution in [0.2, 0.25) is 0 Å². The minimum Gasteiger partial charge on any atom is -0.457 e. The molecule has 1 fully saturated rings. The highest BCUT2D eigenvalue weighted by atomic mass is 32.2. The predicted octanol–water partition coefficient (Wildman–Crippen LogP) is 3.63. The van der Waals surface area contributed by atoms with Gasteiger partial charge in [-0.1, -0.05) is 0 Å². The van der Waals surface area contributed by atoms with Gasteiger partial charge in [0.25, 0.3) is 0 Å². The second kappa shape index (κ2) is 7.87. The largest absolute Gasteiger partial charge is 0.475 e. The van der Waals surface area contributed by atoms with E-state index < -0.39 is 16.3 Å².